The van der Waals surface area contributed by atoms with E-state index in [0.717, 1.165) is 17.0 Å². The summed E-state index contributed by atoms with van der Waals surface area (Å²) in [4.78, 5) is 22.3. The highest BCUT2D eigenvalue weighted by Crippen LogP contribution is 2.34. The number of carbonyl (C=O) groups is 1. The number of nitro benzene ring substituents is 1. The maximum atomic E-state index is 12.1. The topological polar surface area (TPSA) is 103 Å². The summed E-state index contributed by atoms with van der Waals surface area (Å²) in [6, 6.07) is 11.7. The lowest BCUT2D eigenvalue weighted by Gasteiger charge is -2.15. The first-order chi connectivity index (χ1) is 13.0. The van der Waals surface area contributed by atoms with Crippen LogP contribution in [-0.2, 0) is 4.79 Å². The van der Waals surface area contributed by atoms with E-state index in [4.69, 9.17) is 9.47 Å². The van der Waals surface area contributed by atoms with Crippen LogP contribution in [0.2, 0.25) is 0 Å². The van der Waals surface area contributed by atoms with Crippen molar-refractivity contribution < 1.29 is 19.2 Å². The molecule has 0 saturated heterocycles. The number of carbonyl (C=O) groups excluding carboxylic acids is 1. The van der Waals surface area contributed by atoms with Gasteiger partial charge in [0.1, 0.15) is 0 Å². The minimum atomic E-state index is -0.435. The Morgan fingerprint density at radius 1 is 1.19 bits per heavy atom. The van der Waals surface area contributed by atoms with Gasteiger partial charge in [0.2, 0.25) is 12.7 Å². The first-order valence-electron chi connectivity index (χ1n) is 8.70. The Bertz CT molecular complexity index is 823. The predicted octanol–water partition coefficient (Wildman–Crippen LogP) is 3.39. The minimum absolute atomic E-state index is 0.0364. The summed E-state index contributed by atoms with van der Waals surface area (Å²) in [5.41, 5.74) is 1.80. The number of rotatable bonds is 8. The largest absolute Gasteiger partial charge is 0.454 e. The Morgan fingerprint density at radius 3 is 2.67 bits per heavy atom. The smallest absolute Gasteiger partial charge is 0.269 e. The lowest BCUT2D eigenvalue weighted by Crippen LogP contribution is -2.26. The van der Waals surface area contributed by atoms with E-state index >= 15 is 0 Å². The molecule has 0 bridgehead atoms. The number of ether oxygens (including phenoxy) is 2. The highest BCUT2D eigenvalue weighted by molar-refractivity contribution is 5.76. The van der Waals surface area contributed by atoms with E-state index in [0.29, 0.717) is 25.1 Å². The van der Waals surface area contributed by atoms with E-state index in [1.54, 1.807) is 12.1 Å². The predicted molar refractivity (Wildman–Crippen MR) is 99.9 cm³/mol. The molecule has 1 atom stereocenters. The summed E-state index contributed by atoms with van der Waals surface area (Å²) in [6.07, 6.45) is 1.03. The van der Waals surface area contributed by atoms with E-state index in [1.165, 1.54) is 12.1 Å². The summed E-state index contributed by atoms with van der Waals surface area (Å²) in [5.74, 6) is 1.38. The van der Waals surface area contributed by atoms with Crippen LogP contribution in [0.25, 0.3) is 0 Å². The fourth-order valence-corrected chi connectivity index (χ4v) is 2.76. The van der Waals surface area contributed by atoms with Crippen molar-refractivity contribution in [2.75, 3.05) is 18.7 Å². The molecule has 8 nitrogen and oxygen atoms in total. The lowest BCUT2D eigenvalue weighted by molar-refractivity contribution is -0.384. The van der Waals surface area contributed by atoms with Gasteiger partial charge >= 0.3 is 0 Å². The normalized spacial score (nSPS) is 13.1. The minimum Gasteiger partial charge on any atom is -0.454 e. The first-order valence-corrected chi connectivity index (χ1v) is 8.70. The summed E-state index contributed by atoms with van der Waals surface area (Å²) in [7, 11) is 0. The van der Waals surface area contributed by atoms with Crippen LogP contribution in [0.5, 0.6) is 11.5 Å². The van der Waals surface area contributed by atoms with E-state index in [2.05, 4.69) is 10.6 Å². The number of hydrogen-bond donors (Lipinski definition) is 2. The zero-order valence-corrected chi connectivity index (χ0v) is 14.9. The second-order valence-corrected chi connectivity index (χ2v) is 6.24. The monoisotopic (exact) mass is 371 g/mol. The SMILES string of the molecule is CC(NC(=O)CCCNc1ccc([N+](=O)[O-])cc1)c1ccc2c(c1)OCO2. The number of anilines is 1. The molecule has 1 heterocycles. The van der Waals surface area contributed by atoms with Crippen LogP contribution in [-0.4, -0.2) is 24.2 Å². The summed E-state index contributed by atoms with van der Waals surface area (Å²) < 4.78 is 10.6. The van der Waals surface area contributed by atoms with Gasteiger partial charge < -0.3 is 20.1 Å². The molecule has 0 radical (unpaired) electrons. The van der Waals surface area contributed by atoms with Crippen LogP contribution in [0.4, 0.5) is 11.4 Å². The second-order valence-electron chi connectivity index (χ2n) is 6.24. The summed E-state index contributed by atoms with van der Waals surface area (Å²) in [6.45, 7) is 2.75. The number of benzene rings is 2. The lowest BCUT2D eigenvalue weighted by atomic mass is 10.1. The fourth-order valence-electron chi connectivity index (χ4n) is 2.76. The van der Waals surface area contributed by atoms with Gasteiger partial charge in [-0.25, -0.2) is 0 Å². The van der Waals surface area contributed by atoms with Gasteiger partial charge in [-0.15, -0.1) is 0 Å². The Kier molecular flexibility index (Phi) is 5.75. The number of nitrogens with zero attached hydrogens (tertiary/aromatic N) is 1. The molecule has 27 heavy (non-hydrogen) atoms. The molecule has 142 valence electrons. The molecule has 0 aromatic heterocycles. The molecule has 0 aliphatic carbocycles. The Hall–Kier alpha value is -3.29. The average molecular weight is 371 g/mol. The van der Waals surface area contributed by atoms with Crippen molar-refractivity contribution in [2.24, 2.45) is 0 Å². The van der Waals surface area contributed by atoms with Gasteiger partial charge in [-0.1, -0.05) is 6.07 Å². The third kappa shape index (κ3) is 4.87. The van der Waals surface area contributed by atoms with Crippen molar-refractivity contribution >= 4 is 17.3 Å². The maximum absolute atomic E-state index is 12.1. The van der Waals surface area contributed by atoms with Gasteiger partial charge in [-0.2, -0.15) is 0 Å². The molecule has 2 aromatic rings. The molecule has 1 aliphatic rings. The number of nitrogens with one attached hydrogen (secondary N) is 2. The molecular formula is C19H21N3O5. The van der Waals surface area contributed by atoms with Gasteiger partial charge in [0.25, 0.3) is 5.69 Å². The van der Waals surface area contributed by atoms with Crippen molar-refractivity contribution in [3.63, 3.8) is 0 Å². The Morgan fingerprint density at radius 2 is 1.93 bits per heavy atom. The first kappa shape index (κ1) is 18.5. The second kappa shape index (κ2) is 8.39. The molecule has 1 unspecified atom stereocenters. The molecular weight excluding hydrogens is 350 g/mol. The number of hydrogen-bond acceptors (Lipinski definition) is 6. The molecule has 0 spiro atoms. The number of non-ortho nitro benzene ring substituents is 1. The number of nitro groups is 1. The van der Waals surface area contributed by atoms with Crippen LogP contribution < -0.4 is 20.1 Å². The van der Waals surface area contributed by atoms with Crippen molar-refractivity contribution in [3.8, 4) is 11.5 Å². The highest BCUT2D eigenvalue weighted by atomic mass is 16.7. The molecule has 2 aromatic carbocycles. The van der Waals surface area contributed by atoms with Crippen molar-refractivity contribution in [3.05, 3.63) is 58.1 Å². The fraction of sp³-hybridized carbons (Fsp3) is 0.316. The Balaban J connectivity index is 1.39. The number of fused-ring (bicyclic) bond motifs is 1. The van der Waals surface area contributed by atoms with Gasteiger partial charge in [-0.05, 0) is 43.2 Å². The standard InChI is InChI=1S/C19H21N3O5/c1-13(14-4-9-17-18(11-14)27-12-26-17)21-19(23)3-2-10-20-15-5-7-16(8-6-15)22(24)25/h4-9,11,13,20H,2-3,10,12H2,1H3,(H,21,23). The zero-order chi connectivity index (χ0) is 19.2. The van der Waals surface area contributed by atoms with Gasteiger partial charge in [0.15, 0.2) is 11.5 Å². The van der Waals surface area contributed by atoms with Crippen LogP contribution >= 0.6 is 0 Å². The third-order valence-electron chi connectivity index (χ3n) is 4.26. The third-order valence-corrected chi connectivity index (χ3v) is 4.26. The van der Waals surface area contributed by atoms with E-state index in [1.807, 2.05) is 25.1 Å². The van der Waals surface area contributed by atoms with Crippen molar-refractivity contribution in [2.45, 2.75) is 25.8 Å². The van der Waals surface area contributed by atoms with Gasteiger partial charge in [0.05, 0.1) is 11.0 Å². The van der Waals surface area contributed by atoms with E-state index in [9.17, 15) is 14.9 Å². The highest BCUT2D eigenvalue weighted by Gasteiger charge is 2.16. The summed E-state index contributed by atoms with van der Waals surface area (Å²) >= 11 is 0. The molecule has 3 rings (SSSR count). The van der Waals surface area contributed by atoms with Gasteiger partial charge in [-0.3, -0.25) is 14.9 Å². The van der Waals surface area contributed by atoms with Crippen LogP contribution in [0.3, 0.4) is 0 Å². The summed E-state index contributed by atoms with van der Waals surface area (Å²) in [5, 5.41) is 16.7. The molecule has 1 aliphatic heterocycles. The zero-order valence-electron chi connectivity index (χ0n) is 14.9. The maximum Gasteiger partial charge on any atom is 0.269 e. The Labute approximate surface area is 156 Å². The van der Waals surface area contributed by atoms with Crippen LogP contribution in [0, 0.1) is 10.1 Å². The van der Waals surface area contributed by atoms with Crippen LogP contribution in [0.15, 0.2) is 42.5 Å². The van der Waals surface area contributed by atoms with E-state index < -0.39 is 4.92 Å². The quantitative estimate of drug-likeness (QED) is 0.419. The van der Waals surface area contributed by atoms with Gasteiger partial charge in [0, 0.05) is 30.8 Å². The van der Waals surface area contributed by atoms with Crippen molar-refractivity contribution in [1.29, 1.82) is 0 Å². The number of amides is 1. The molecule has 0 saturated carbocycles. The average Bonchev–Trinajstić information content (AvgIpc) is 3.13. The molecule has 1 amide bonds. The van der Waals surface area contributed by atoms with Crippen molar-refractivity contribution in [1.82, 2.24) is 5.32 Å². The molecule has 2 N–H and O–H groups in total. The molecule has 0 fully saturated rings. The molecule has 8 heteroatoms. The van der Waals surface area contributed by atoms with Crippen LogP contribution in [0.1, 0.15) is 31.4 Å². The van der Waals surface area contributed by atoms with E-state index in [-0.39, 0.29) is 24.4 Å².